The molecule has 2 rings (SSSR count). The van der Waals surface area contributed by atoms with Crippen molar-refractivity contribution in [2.75, 3.05) is 14.1 Å². The van der Waals surface area contributed by atoms with Crippen LogP contribution in [0.1, 0.15) is 15.2 Å². The Morgan fingerprint density at radius 1 is 1.23 bits per heavy atom. The Hall–Kier alpha value is -1.41. The SMILES string of the molecule is CNS(=O)(=O)c1ccc(C(=O)N(C)Cc2ccc(Cl)s2)cc1. The zero-order valence-electron chi connectivity index (χ0n) is 12.0. The van der Waals surface area contributed by atoms with Gasteiger partial charge in [-0.3, -0.25) is 4.79 Å². The highest BCUT2D eigenvalue weighted by molar-refractivity contribution is 7.89. The zero-order chi connectivity index (χ0) is 16.3. The molecule has 1 heterocycles. The van der Waals surface area contributed by atoms with Crippen LogP contribution in [0.3, 0.4) is 0 Å². The Balaban J connectivity index is 2.12. The molecule has 8 heteroatoms. The summed E-state index contributed by atoms with van der Waals surface area (Å²) < 4.78 is 26.2. The van der Waals surface area contributed by atoms with E-state index in [-0.39, 0.29) is 10.8 Å². The molecule has 1 N–H and O–H groups in total. The number of nitrogens with zero attached hydrogens (tertiary/aromatic N) is 1. The van der Waals surface area contributed by atoms with Gasteiger partial charge in [-0.1, -0.05) is 11.6 Å². The fourth-order valence-corrected chi connectivity index (χ4v) is 3.73. The minimum absolute atomic E-state index is 0.124. The number of carbonyl (C=O) groups excluding carboxylic acids is 1. The molecule has 0 radical (unpaired) electrons. The number of hydrogen-bond acceptors (Lipinski definition) is 4. The molecule has 0 saturated heterocycles. The van der Waals surface area contributed by atoms with Gasteiger partial charge in [-0.2, -0.15) is 0 Å². The summed E-state index contributed by atoms with van der Waals surface area (Å²) in [5.74, 6) is -0.182. The Labute approximate surface area is 138 Å². The second-order valence-electron chi connectivity index (χ2n) is 4.60. The van der Waals surface area contributed by atoms with Crippen LogP contribution in [-0.2, 0) is 16.6 Å². The summed E-state index contributed by atoms with van der Waals surface area (Å²) in [5, 5.41) is 0. The smallest absolute Gasteiger partial charge is 0.253 e. The number of carbonyl (C=O) groups is 1. The van der Waals surface area contributed by atoms with Gasteiger partial charge in [0.05, 0.1) is 15.8 Å². The van der Waals surface area contributed by atoms with Gasteiger partial charge in [0.2, 0.25) is 10.0 Å². The van der Waals surface area contributed by atoms with E-state index in [9.17, 15) is 13.2 Å². The average molecular weight is 359 g/mol. The fourth-order valence-electron chi connectivity index (χ4n) is 1.86. The number of halogens is 1. The first-order chi connectivity index (χ1) is 10.3. The standard InChI is InChI=1S/C14H15ClN2O3S2/c1-16-22(19,20)12-6-3-10(4-7-12)14(18)17(2)9-11-5-8-13(15)21-11/h3-8,16H,9H2,1-2H3. The van der Waals surface area contributed by atoms with Crippen LogP contribution in [0.25, 0.3) is 0 Å². The number of hydrogen-bond donors (Lipinski definition) is 1. The summed E-state index contributed by atoms with van der Waals surface area (Å²) in [6.07, 6.45) is 0. The Morgan fingerprint density at radius 3 is 2.36 bits per heavy atom. The van der Waals surface area contributed by atoms with E-state index >= 15 is 0 Å². The Bertz CT molecular complexity index is 770. The van der Waals surface area contributed by atoms with E-state index in [0.717, 1.165) is 4.88 Å². The molecule has 0 atom stereocenters. The maximum absolute atomic E-state index is 12.3. The predicted octanol–water partition coefficient (Wildman–Crippen LogP) is 2.58. The van der Waals surface area contributed by atoms with Crippen molar-refractivity contribution in [3.63, 3.8) is 0 Å². The summed E-state index contributed by atoms with van der Waals surface area (Å²) >= 11 is 7.29. The number of nitrogens with one attached hydrogen (secondary N) is 1. The molecule has 118 valence electrons. The van der Waals surface area contributed by atoms with Gasteiger partial charge in [0, 0.05) is 17.5 Å². The highest BCUT2D eigenvalue weighted by Crippen LogP contribution is 2.23. The molecule has 0 unspecified atom stereocenters. The van der Waals surface area contributed by atoms with Crippen molar-refractivity contribution < 1.29 is 13.2 Å². The lowest BCUT2D eigenvalue weighted by atomic mass is 10.2. The first-order valence-corrected chi connectivity index (χ1v) is 9.04. The van der Waals surface area contributed by atoms with Crippen LogP contribution < -0.4 is 4.72 Å². The molecule has 0 fully saturated rings. The largest absolute Gasteiger partial charge is 0.337 e. The first-order valence-electron chi connectivity index (χ1n) is 6.37. The fraction of sp³-hybridized carbons (Fsp3) is 0.214. The second-order valence-corrected chi connectivity index (χ2v) is 8.29. The molecule has 22 heavy (non-hydrogen) atoms. The number of amides is 1. The maximum atomic E-state index is 12.3. The van der Waals surface area contributed by atoms with Crippen molar-refractivity contribution in [3.05, 3.63) is 51.2 Å². The molecule has 0 aliphatic heterocycles. The zero-order valence-corrected chi connectivity index (χ0v) is 14.4. The van der Waals surface area contributed by atoms with E-state index in [1.54, 1.807) is 18.0 Å². The highest BCUT2D eigenvalue weighted by Gasteiger charge is 2.15. The van der Waals surface area contributed by atoms with Gasteiger partial charge in [0.25, 0.3) is 5.91 Å². The highest BCUT2D eigenvalue weighted by atomic mass is 35.5. The van der Waals surface area contributed by atoms with E-state index in [0.29, 0.717) is 16.4 Å². The topological polar surface area (TPSA) is 66.5 Å². The van der Waals surface area contributed by atoms with Crippen LogP contribution in [0.5, 0.6) is 0 Å². The molecule has 2 aromatic rings. The third kappa shape index (κ3) is 3.86. The molecule has 0 aliphatic carbocycles. The van der Waals surface area contributed by atoms with E-state index in [1.807, 2.05) is 6.07 Å². The second kappa shape index (κ2) is 6.78. The summed E-state index contributed by atoms with van der Waals surface area (Å²) in [5.41, 5.74) is 0.431. The van der Waals surface area contributed by atoms with E-state index in [2.05, 4.69) is 4.72 Å². The van der Waals surface area contributed by atoms with Crippen LogP contribution in [0.2, 0.25) is 4.34 Å². The van der Waals surface area contributed by atoms with Gasteiger partial charge in [0.1, 0.15) is 0 Å². The molecule has 0 saturated carbocycles. The Kier molecular flexibility index (Phi) is 5.23. The van der Waals surface area contributed by atoms with Crippen molar-refractivity contribution in [2.24, 2.45) is 0 Å². The number of rotatable bonds is 5. The molecule has 1 aromatic carbocycles. The van der Waals surface area contributed by atoms with E-state index in [1.165, 1.54) is 42.6 Å². The van der Waals surface area contributed by atoms with Crippen molar-refractivity contribution >= 4 is 38.9 Å². The molecule has 0 bridgehead atoms. The number of benzene rings is 1. The molecule has 1 aromatic heterocycles. The molecule has 0 spiro atoms. The predicted molar refractivity (Wildman–Crippen MR) is 87.8 cm³/mol. The third-order valence-corrected chi connectivity index (χ3v) is 5.69. The summed E-state index contributed by atoms with van der Waals surface area (Å²) in [4.78, 5) is 15.0. The van der Waals surface area contributed by atoms with Crippen molar-refractivity contribution in [1.29, 1.82) is 0 Å². The van der Waals surface area contributed by atoms with Crippen molar-refractivity contribution in [3.8, 4) is 0 Å². The van der Waals surface area contributed by atoms with Crippen molar-refractivity contribution in [1.82, 2.24) is 9.62 Å². The van der Waals surface area contributed by atoms with Gasteiger partial charge < -0.3 is 4.90 Å². The van der Waals surface area contributed by atoms with Gasteiger partial charge in [-0.15, -0.1) is 11.3 Å². The number of sulfonamides is 1. The molecular weight excluding hydrogens is 344 g/mol. The lowest BCUT2D eigenvalue weighted by Gasteiger charge is -2.16. The van der Waals surface area contributed by atoms with Gasteiger partial charge >= 0.3 is 0 Å². The molecule has 1 amide bonds. The van der Waals surface area contributed by atoms with Crippen LogP contribution in [-0.4, -0.2) is 33.3 Å². The first kappa shape index (κ1) is 17.0. The van der Waals surface area contributed by atoms with Crippen LogP contribution in [0.15, 0.2) is 41.3 Å². The monoisotopic (exact) mass is 358 g/mol. The lowest BCUT2D eigenvalue weighted by Crippen LogP contribution is -2.26. The normalized spacial score (nSPS) is 11.4. The Morgan fingerprint density at radius 2 is 1.86 bits per heavy atom. The summed E-state index contributed by atoms with van der Waals surface area (Å²) in [6.45, 7) is 0.451. The van der Waals surface area contributed by atoms with Crippen LogP contribution in [0.4, 0.5) is 0 Å². The van der Waals surface area contributed by atoms with Crippen LogP contribution >= 0.6 is 22.9 Å². The van der Waals surface area contributed by atoms with Gasteiger partial charge in [0.15, 0.2) is 0 Å². The van der Waals surface area contributed by atoms with Crippen molar-refractivity contribution in [2.45, 2.75) is 11.4 Å². The lowest BCUT2D eigenvalue weighted by molar-refractivity contribution is 0.0786. The van der Waals surface area contributed by atoms with E-state index < -0.39 is 10.0 Å². The minimum atomic E-state index is -3.49. The van der Waals surface area contributed by atoms with Gasteiger partial charge in [-0.25, -0.2) is 13.1 Å². The summed E-state index contributed by atoms with van der Waals surface area (Å²) in [6, 6.07) is 9.50. The quantitative estimate of drug-likeness (QED) is 0.893. The van der Waals surface area contributed by atoms with E-state index in [4.69, 9.17) is 11.6 Å². The average Bonchev–Trinajstić information content (AvgIpc) is 2.91. The maximum Gasteiger partial charge on any atom is 0.253 e. The minimum Gasteiger partial charge on any atom is -0.337 e. The molecule has 0 aliphatic rings. The van der Waals surface area contributed by atoms with Crippen LogP contribution in [0, 0.1) is 0 Å². The number of thiophene rings is 1. The third-order valence-electron chi connectivity index (χ3n) is 3.05. The molecule has 5 nitrogen and oxygen atoms in total. The summed E-state index contributed by atoms with van der Waals surface area (Å²) in [7, 11) is -0.464. The molecular formula is C14H15ClN2O3S2. The van der Waals surface area contributed by atoms with Gasteiger partial charge in [-0.05, 0) is 43.4 Å².